The highest BCUT2D eigenvalue weighted by Crippen LogP contribution is 2.62. The van der Waals surface area contributed by atoms with Gasteiger partial charge in [0, 0.05) is 82.7 Å². The Labute approximate surface area is 533 Å². The van der Waals surface area contributed by atoms with E-state index in [1.165, 1.54) is 159 Å². The maximum Gasteiger partial charge on any atom is 0.0486 e. The van der Waals surface area contributed by atoms with E-state index in [1.54, 1.807) is 33.8 Å². The molecule has 3 aromatic heterocycles. The van der Waals surface area contributed by atoms with E-state index in [9.17, 15) is 0 Å². The molecule has 10 atom stereocenters. The SMILES string of the molecule is C=CCC1CC(c2ccccc2)(N(C)C)CCC12CCCc1c2[nH]c2ccccc12.C=CCC1CC2(CCCc3c2[nH]c2ccccc32)CCC1(c1ccccc1)N(C)C.CC1C(C)C(c2ccccc2)(N(C)C)CCC12CCCc1c2[nH]c2ccccc12. The van der Waals surface area contributed by atoms with Crippen molar-refractivity contribution < 1.29 is 0 Å². The van der Waals surface area contributed by atoms with Crippen LogP contribution in [0.3, 0.4) is 0 Å². The maximum absolute atomic E-state index is 4.17. The molecule has 0 saturated heterocycles. The van der Waals surface area contributed by atoms with Gasteiger partial charge < -0.3 is 15.0 Å². The van der Waals surface area contributed by atoms with Crippen LogP contribution in [0.15, 0.2) is 189 Å². The molecule has 10 unspecified atom stereocenters. The molecule has 3 spiro atoms. The number of allylic oxidation sites excluding steroid dienone is 2. The van der Waals surface area contributed by atoms with Crippen LogP contribution in [0.25, 0.3) is 32.7 Å². The van der Waals surface area contributed by atoms with Gasteiger partial charge in [-0.05, 0) is 240 Å². The minimum absolute atomic E-state index is 0.0737. The summed E-state index contributed by atoms with van der Waals surface area (Å²) in [6.45, 7) is 13.4. The highest BCUT2D eigenvalue weighted by atomic mass is 15.2. The van der Waals surface area contributed by atoms with Gasteiger partial charge >= 0.3 is 0 Å². The van der Waals surface area contributed by atoms with Crippen molar-refractivity contribution in [3.8, 4) is 0 Å². The number of fused-ring (bicyclic) bond motifs is 12. The molecule has 0 radical (unpaired) electrons. The second-order valence-electron chi connectivity index (χ2n) is 29.3. The Bertz CT molecular complexity index is 3920. The van der Waals surface area contributed by atoms with Crippen molar-refractivity contribution in [2.24, 2.45) is 23.7 Å². The number of nitrogens with one attached hydrogen (secondary N) is 3. The Morgan fingerprint density at radius 1 is 0.393 bits per heavy atom. The molecule has 6 aliphatic carbocycles. The highest BCUT2D eigenvalue weighted by molar-refractivity contribution is 5.87. The third-order valence-corrected chi connectivity index (χ3v) is 25.3. The predicted octanol–water partition coefficient (Wildman–Crippen LogP) is 19.4. The van der Waals surface area contributed by atoms with Gasteiger partial charge in [-0.3, -0.25) is 14.7 Å². The first kappa shape index (κ1) is 61.2. The zero-order valence-corrected chi connectivity index (χ0v) is 55.2. The minimum Gasteiger partial charge on any atom is -0.358 e. The molecule has 3 heterocycles. The van der Waals surface area contributed by atoms with Gasteiger partial charge in [0.2, 0.25) is 0 Å². The highest BCUT2D eigenvalue weighted by Gasteiger charge is 2.58. The second kappa shape index (κ2) is 24.5. The standard InChI is InChI=1S/2C28H34N2.C27H34N2/c1-4-11-22-20-28(30(2)3,21-12-6-5-7-13-21)19-18-27(22)17-10-15-24-23-14-8-9-16-25(23)29-26(24)27;1-4-11-22-20-27(18-19-28(22,30(2)3)21-12-6-5-7-13-21)17-10-15-24-23-14-8-9-16-25(23)29-26(24)27;1-19-20(2)27(29(3)4,21-11-6-5-7-12-21)18-17-26(19)16-10-14-23-22-13-8-9-15-24(22)28-25(23)26/h2*4-9,12-14,16,22,29H,1,10-11,15,17-20H2,2-3H3;5-9,11-13,15,19-20,28H,10,14,16-18H2,1-4H3. The average Bonchev–Trinajstić information content (AvgIpc) is 1.77. The van der Waals surface area contributed by atoms with Gasteiger partial charge in [0.15, 0.2) is 0 Å². The minimum atomic E-state index is 0.0737. The number of aromatic amines is 3. The Hall–Kier alpha value is -6.70. The number of rotatable bonds is 10. The van der Waals surface area contributed by atoms with Gasteiger partial charge in [-0.15, -0.1) is 13.2 Å². The number of H-pyrrole nitrogens is 3. The van der Waals surface area contributed by atoms with Crippen LogP contribution >= 0.6 is 0 Å². The van der Waals surface area contributed by atoms with Crippen molar-refractivity contribution >= 4 is 32.7 Å². The smallest absolute Gasteiger partial charge is 0.0486 e. The number of aryl methyl sites for hydroxylation is 3. The first-order valence-corrected chi connectivity index (χ1v) is 34.4. The molecule has 6 aromatic carbocycles. The molecule has 3 fully saturated rings. The van der Waals surface area contributed by atoms with Crippen molar-refractivity contribution in [1.82, 2.24) is 29.7 Å². The lowest BCUT2D eigenvalue weighted by Crippen LogP contribution is -2.58. The quantitative estimate of drug-likeness (QED) is 0.120. The van der Waals surface area contributed by atoms with Gasteiger partial charge in [0.1, 0.15) is 0 Å². The molecule has 6 aliphatic rings. The number of hydrogen-bond donors (Lipinski definition) is 3. The van der Waals surface area contributed by atoms with Crippen molar-refractivity contribution in [3.63, 3.8) is 0 Å². The van der Waals surface area contributed by atoms with Gasteiger partial charge in [-0.2, -0.15) is 0 Å². The van der Waals surface area contributed by atoms with E-state index in [4.69, 9.17) is 0 Å². The number of para-hydroxylation sites is 3. The van der Waals surface area contributed by atoms with Gasteiger partial charge in [0.05, 0.1) is 0 Å². The summed E-state index contributed by atoms with van der Waals surface area (Å²) in [5.74, 6) is 2.34. The van der Waals surface area contributed by atoms with Crippen LogP contribution in [0, 0.1) is 23.7 Å². The largest absolute Gasteiger partial charge is 0.358 e. The molecule has 15 rings (SSSR count). The summed E-state index contributed by atoms with van der Waals surface area (Å²) in [7, 11) is 13.6. The Morgan fingerprint density at radius 3 is 1.33 bits per heavy atom. The molecule has 0 amide bonds. The van der Waals surface area contributed by atoms with E-state index in [2.05, 4.69) is 275 Å². The van der Waals surface area contributed by atoms with Crippen LogP contribution in [0.4, 0.5) is 0 Å². The van der Waals surface area contributed by atoms with Crippen molar-refractivity contribution in [2.45, 2.75) is 169 Å². The summed E-state index contributed by atoms with van der Waals surface area (Å²) < 4.78 is 0. The first-order chi connectivity index (χ1) is 43.2. The zero-order chi connectivity index (χ0) is 61.8. The molecule has 0 aliphatic heterocycles. The van der Waals surface area contributed by atoms with Crippen LogP contribution in [-0.4, -0.2) is 71.9 Å². The second-order valence-corrected chi connectivity index (χ2v) is 29.3. The molecule has 6 heteroatoms. The van der Waals surface area contributed by atoms with Crippen LogP contribution < -0.4 is 0 Å². The van der Waals surface area contributed by atoms with Gasteiger partial charge in [0.25, 0.3) is 0 Å². The molecule has 464 valence electrons. The molecular formula is C83H102N6. The van der Waals surface area contributed by atoms with E-state index in [1.807, 2.05) is 0 Å². The molecular weight excluding hydrogens is 1080 g/mol. The molecule has 89 heavy (non-hydrogen) atoms. The third-order valence-electron chi connectivity index (χ3n) is 25.3. The third kappa shape index (κ3) is 9.98. The van der Waals surface area contributed by atoms with E-state index >= 15 is 0 Å². The summed E-state index contributed by atoms with van der Waals surface area (Å²) in [6.07, 6.45) is 27.7. The Balaban J connectivity index is 0.000000123. The van der Waals surface area contributed by atoms with Crippen LogP contribution in [0.5, 0.6) is 0 Å². The summed E-state index contributed by atoms with van der Waals surface area (Å²) >= 11 is 0. The van der Waals surface area contributed by atoms with Crippen molar-refractivity contribution in [3.05, 3.63) is 240 Å². The molecule has 3 N–H and O–H groups in total. The van der Waals surface area contributed by atoms with E-state index in [0.717, 1.165) is 12.8 Å². The lowest BCUT2D eigenvalue weighted by molar-refractivity contribution is -0.0369. The fourth-order valence-electron chi connectivity index (χ4n) is 20.8. The maximum atomic E-state index is 4.17. The lowest BCUT2D eigenvalue weighted by Gasteiger charge is -2.58. The van der Waals surface area contributed by atoms with Gasteiger partial charge in [-0.1, -0.05) is 172 Å². The summed E-state index contributed by atoms with van der Waals surface area (Å²) in [4.78, 5) is 19.2. The normalized spacial score (nSPS) is 29.8. The van der Waals surface area contributed by atoms with E-state index < -0.39 is 0 Å². The number of aromatic nitrogens is 3. The number of hydrogen-bond acceptors (Lipinski definition) is 3. The predicted molar refractivity (Wildman–Crippen MR) is 376 cm³/mol. The zero-order valence-electron chi connectivity index (χ0n) is 55.2. The summed E-state index contributed by atoms with van der Waals surface area (Å²) in [5, 5.41) is 4.34. The van der Waals surface area contributed by atoms with Gasteiger partial charge in [-0.25, -0.2) is 0 Å². The lowest BCUT2D eigenvalue weighted by atomic mass is 9.51. The van der Waals surface area contributed by atoms with Crippen molar-refractivity contribution in [1.29, 1.82) is 0 Å². The fourth-order valence-corrected chi connectivity index (χ4v) is 20.8. The van der Waals surface area contributed by atoms with Crippen LogP contribution in [0.2, 0.25) is 0 Å². The van der Waals surface area contributed by atoms with E-state index in [-0.39, 0.29) is 32.9 Å². The van der Waals surface area contributed by atoms with Crippen molar-refractivity contribution in [2.75, 3.05) is 42.3 Å². The Morgan fingerprint density at radius 2 is 0.809 bits per heavy atom. The number of nitrogens with zero attached hydrogens (tertiary/aromatic N) is 3. The topological polar surface area (TPSA) is 57.1 Å². The van der Waals surface area contributed by atoms with Crippen LogP contribution in [0.1, 0.15) is 167 Å². The fraction of sp³-hybridized carbons (Fsp3) is 0.446. The molecule has 9 aromatic rings. The summed E-state index contributed by atoms with van der Waals surface area (Å²) in [6, 6.07) is 60.4. The van der Waals surface area contributed by atoms with Crippen LogP contribution in [-0.2, 0) is 52.1 Å². The first-order valence-electron chi connectivity index (χ1n) is 34.4. The summed E-state index contributed by atoms with van der Waals surface area (Å²) in [5.41, 5.74) is 18.9. The monoisotopic (exact) mass is 1180 g/mol. The number of benzene rings is 6. The molecule has 3 saturated carbocycles. The Kier molecular flexibility index (Phi) is 16.8. The van der Waals surface area contributed by atoms with E-state index in [0.29, 0.717) is 23.7 Å². The average molecular weight is 1180 g/mol. The molecule has 6 nitrogen and oxygen atoms in total. The molecule has 0 bridgehead atoms.